The maximum Gasteiger partial charge on any atom is 0.0355 e. The third-order valence-corrected chi connectivity index (χ3v) is 6.42. The molecule has 0 aliphatic heterocycles. The van der Waals surface area contributed by atoms with Gasteiger partial charge >= 0.3 is 0 Å². The summed E-state index contributed by atoms with van der Waals surface area (Å²) in [6, 6.07) is 33.3. The zero-order chi connectivity index (χ0) is 18.2. The van der Waals surface area contributed by atoms with Crippen LogP contribution in [-0.2, 0) is 6.42 Å². The molecule has 27 heavy (non-hydrogen) atoms. The quantitative estimate of drug-likeness (QED) is 0.305. The first-order chi connectivity index (χ1) is 13.3. The second-order valence-electron chi connectivity index (χ2n) is 6.94. The molecule has 0 amide bonds. The lowest BCUT2D eigenvalue weighted by Crippen LogP contribution is -1.81. The fraction of sp³-hybridized carbons (Fsp3) is 0.0769. The predicted molar refractivity (Wildman–Crippen MR) is 120 cm³/mol. The lowest BCUT2D eigenvalue weighted by atomic mass is 9.99. The van der Waals surface area contributed by atoms with Crippen molar-refractivity contribution in [3.05, 3.63) is 96.6 Å². The molecule has 1 heterocycles. The molecular formula is C26H20S. The van der Waals surface area contributed by atoms with Crippen molar-refractivity contribution in [2.24, 2.45) is 0 Å². The predicted octanol–water partition coefficient (Wildman–Crippen LogP) is 7.95. The van der Waals surface area contributed by atoms with E-state index >= 15 is 0 Å². The number of benzene rings is 4. The van der Waals surface area contributed by atoms with E-state index in [0.29, 0.717) is 0 Å². The summed E-state index contributed by atoms with van der Waals surface area (Å²) in [4.78, 5) is 0. The van der Waals surface area contributed by atoms with Gasteiger partial charge in [0.2, 0.25) is 0 Å². The van der Waals surface area contributed by atoms with Crippen molar-refractivity contribution in [2.45, 2.75) is 13.3 Å². The molecule has 0 N–H and O–H groups in total. The van der Waals surface area contributed by atoms with Gasteiger partial charge in [0.25, 0.3) is 0 Å². The molecule has 0 saturated heterocycles. The number of rotatable bonds is 3. The van der Waals surface area contributed by atoms with E-state index in [1.54, 1.807) is 0 Å². The van der Waals surface area contributed by atoms with Crippen LogP contribution in [0, 0.1) is 0 Å². The summed E-state index contributed by atoms with van der Waals surface area (Å²) < 4.78 is 2.70. The van der Waals surface area contributed by atoms with Gasteiger partial charge in [-0.2, -0.15) is 0 Å². The Bertz CT molecular complexity index is 1230. The third kappa shape index (κ3) is 2.94. The van der Waals surface area contributed by atoms with Gasteiger partial charge in [-0.05, 0) is 58.5 Å². The van der Waals surface area contributed by atoms with Crippen LogP contribution in [0.25, 0.3) is 42.4 Å². The molecule has 130 valence electrons. The molecule has 1 heteroatoms. The van der Waals surface area contributed by atoms with Crippen LogP contribution in [0.3, 0.4) is 0 Å². The smallest absolute Gasteiger partial charge is 0.0355 e. The van der Waals surface area contributed by atoms with Gasteiger partial charge in [-0.15, -0.1) is 11.3 Å². The van der Waals surface area contributed by atoms with Gasteiger partial charge < -0.3 is 0 Å². The van der Waals surface area contributed by atoms with Gasteiger partial charge in [0.05, 0.1) is 0 Å². The highest BCUT2D eigenvalue weighted by Crippen LogP contribution is 2.38. The number of thiophene rings is 1. The van der Waals surface area contributed by atoms with Crippen LogP contribution in [-0.4, -0.2) is 0 Å². The maximum atomic E-state index is 2.35. The zero-order valence-electron chi connectivity index (χ0n) is 15.3. The van der Waals surface area contributed by atoms with Crippen molar-refractivity contribution >= 4 is 31.5 Å². The Morgan fingerprint density at radius 2 is 1.07 bits per heavy atom. The van der Waals surface area contributed by atoms with Gasteiger partial charge in [-0.3, -0.25) is 0 Å². The molecule has 0 unspecified atom stereocenters. The topological polar surface area (TPSA) is 0 Å². The standard InChI is InChI=1S/C26H20S/c1-2-18-8-10-20(11-9-18)22-13-15-26-24(17-22)23-16-21(12-14-25(23)27-26)19-6-4-3-5-7-19/h3-17H,2H2,1H3. The van der Waals surface area contributed by atoms with Crippen molar-refractivity contribution in [3.63, 3.8) is 0 Å². The molecule has 1 aromatic heterocycles. The van der Waals surface area contributed by atoms with Crippen molar-refractivity contribution in [1.82, 2.24) is 0 Å². The van der Waals surface area contributed by atoms with Crippen LogP contribution in [0.5, 0.6) is 0 Å². The summed E-state index contributed by atoms with van der Waals surface area (Å²) in [7, 11) is 0. The van der Waals surface area contributed by atoms with Gasteiger partial charge in [0, 0.05) is 20.2 Å². The van der Waals surface area contributed by atoms with Crippen molar-refractivity contribution in [2.75, 3.05) is 0 Å². The van der Waals surface area contributed by atoms with Crippen LogP contribution in [0.4, 0.5) is 0 Å². The van der Waals surface area contributed by atoms with E-state index in [9.17, 15) is 0 Å². The normalized spacial score (nSPS) is 11.3. The third-order valence-electron chi connectivity index (χ3n) is 5.27. The SMILES string of the molecule is CCc1ccc(-c2ccc3sc4ccc(-c5ccccc5)cc4c3c2)cc1. The zero-order valence-corrected chi connectivity index (χ0v) is 16.1. The minimum Gasteiger partial charge on any atom is -0.135 e. The second-order valence-corrected chi connectivity index (χ2v) is 8.02. The van der Waals surface area contributed by atoms with E-state index in [0.717, 1.165) is 6.42 Å². The van der Waals surface area contributed by atoms with E-state index < -0.39 is 0 Å². The molecule has 0 fully saturated rings. The average Bonchev–Trinajstić information content (AvgIpc) is 3.11. The van der Waals surface area contributed by atoms with Crippen molar-refractivity contribution in [1.29, 1.82) is 0 Å². The lowest BCUT2D eigenvalue weighted by molar-refractivity contribution is 1.14. The van der Waals surface area contributed by atoms with Crippen LogP contribution in [0.2, 0.25) is 0 Å². The largest absolute Gasteiger partial charge is 0.135 e. The highest BCUT2D eigenvalue weighted by Gasteiger charge is 2.09. The highest BCUT2D eigenvalue weighted by atomic mass is 32.1. The fourth-order valence-corrected chi connectivity index (χ4v) is 4.77. The summed E-state index contributed by atoms with van der Waals surface area (Å²) in [6.07, 6.45) is 1.08. The van der Waals surface area contributed by atoms with Crippen LogP contribution in [0.1, 0.15) is 12.5 Å². The Morgan fingerprint density at radius 1 is 0.556 bits per heavy atom. The number of hydrogen-bond donors (Lipinski definition) is 0. The molecule has 0 aliphatic carbocycles. The molecule has 0 aliphatic rings. The minimum atomic E-state index is 1.08. The Hall–Kier alpha value is -2.90. The van der Waals surface area contributed by atoms with Gasteiger partial charge in [0.1, 0.15) is 0 Å². The Labute approximate surface area is 163 Å². The molecule has 0 atom stereocenters. The highest BCUT2D eigenvalue weighted by molar-refractivity contribution is 7.25. The number of aryl methyl sites for hydroxylation is 1. The first-order valence-electron chi connectivity index (χ1n) is 9.43. The van der Waals surface area contributed by atoms with Gasteiger partial charge in [-0.25, -0.2) is 0 Å². The summed E-state index contributed by atoms with van der Waals surface area (Å²) in [6.45, 7) is 2.20. The first-order valence-corrected chi connectivity index (χ1v) is 10.2. The van der Waals surface area contributed by atoms with Crippen LogP contribution >= 0.6 is 11.3 Å². The minimum absolute atomic E-state index is 1.08. The number of hydrogen-bond acceptors (Lipinski definition) is 1. The molecule has 0 nitrogen and oxygen atoms in total. The molecule has 0 saturated carbocycles. The van der Waals surface area contributed by atoms with E-state index in [1.807, 2.05) is 11.3 Å². The molecule has 4 aromatic carbocycles. The molecule has 5 rings (SSSR count). The fourth-order valence-electron chi connectivity index (χ4n) is 3.70. The summed E-state index contributed by atoms with van der Waals surface area (Å²) >= 11 is 1.88. The maximum absolute atomic E-state index is 2.35. The van der Waals surface area contributed by atoms with E-state index in [2.05, 4.69) is 97.9 Å². The Morgan fingerprint density at radius 3 is 1.63 bits per heavy atom. The second kappa shape index (κ2) is 6.68. The summed E-state index contributed by atoms with van der Waals surface area (Å²) in [5.41, 5.74) is 6.50. The van der Waals surface area contributed by atoms with Crippen molar-refractivity contribution in [3.8, 4) is 22.3 Å². The molecule has 0 spiro atoms. The Kier molecular flexibility index (Phi) is 4.03. The van der Waals surface area contributed by atoms with Crippen LogP contribution < -0.4 is 0 Å². The van der Waals surface area contributed by atoms with E-state index in [-0.39, 0.29) is 0 Å². The molecule has 0 bridgehead atoms. The van der Waals surface area contributed by atoms with Crippen molar-refractivity contribution < 1.29 is 0 Å². The lowest BCUT2D eigenvalue weighted by Gasteiger charge is -2.05. The first kappa shape index (κ1) is 16.3. The van der Waals surface area contributed by atoms with Crippen LogP contribution in [0.15, 0.2) is 91.0 Å². The molecular weight excluding hydrogens is 344 g/mol. The summed E-state index contributed by atoms with van der Waals surface area (Å²) in [5.74, 6) is 0. The van der Waals surface area contributed by atoms with Gasteiger partial charge in [0.15, 0.2) is 0 Å². The Balaban J connectivity index is 1.67. The number of fused-ring (bicyclic) bond motifs is 3. The van der Waals surface area contributed by atoms with E-state index in [4.69, 9.17) is 0 Å². The summed E-state index contributed by atoms with van der Waals surface area (Å²) in [5, 5.41) is 2.70. The van der Waals surface area contributed by atoms with E-state index in [1.165, 1.54) is 48.0 Å². The molecule has 0 radical (unpaired) electrons. The monoisotopic (exact) mass is 364 g/mol. The average molecular weight is 365 g/mol. The van der Waals surface area contributed by atoms with Gasteiger partial charge in [-0.1, -0.05) is 73.7 Å². The molecule has 5 aromatic rings.